The highest BCUT2D eigenvalue weighted by atomic mass is 32.1. The molecule has 0 atom stereocenters. The Balaban J connectivity index is 1.96. The lowest BCUT2D eigenvalue weighted by Crippen LogP contribution is -2.09. The van der Waals surface area contributed by atoms with E-state index in [-0.39, 0.29) is 23.4 Å². The first-order chi connectivity index (χ1) is 12.3. The number of ketones is 1. The highest BCUT2D eigenvalue weighted by Gasteiger charge is 2.30. The topological polar surface area (TPSA) is 83.3 Å². The highest BCUT2D eigenvalue weighted by molar-refractivity contribution is 7.08. The van der Waals surface area contributed by atoms with E-state index in [2.05, 4.69) is 9.97 Å². The van der Waals surface area contributed by atoms with Crippen molar-refractivity contribution in [3.63, 3.8) is 0 Å². The van der Waals surface area contributed by atoms with E-state index < -0.39 is 34.8 Å². The van der Waals surface area contributed by atoms with E-state index in [1.807, 2.05) is 0 Å². The third-order valence-corrected chi connectivity index (χ3v) is 4.21. The molecule has 0 fully saturated rings. The predicted molar refractivity (Wildman–Crippen MR) is 87.4 cm³/mol. The molecule has 3 aromatic rings. The first kappa shape index (κ1) is 17.9. The smallest absolute Gasteiger partial charge is 0.416 e. The van der Waals surface area contributed by atoms with Crippen molar-refractivity contribution in [1.29, 1.82) is 0 Å². The summed E-state index contributed by atoms with van der Waals surface area (Å²) in [4.78, 5) is 19.9. The van der Waals surface area contributed by atoms with E-state index in [4.69, 9.17) is 0 Å². The van der Waals surface area contributed by atoms with Crippen LogP contribution in [0.5, 0.6) is 11.6 Å². The van der Waals surface area contributed by atoms with Crippen LogP contribution in [0.1, 0.15) is 33.0 Å². The highest BCUT2D eigenvalue weighted by Crippen LogP contribution is 2.31. The Morgan fingerprint density at radius 2 is 1.92 bits per heavy atom. The zero-order chi connectivity index (χ0) is 18.9. The average Bonchev–Trinajstić information content (AvgIpc) is 3.11. The minimum Gasteiger partial charge on any atom is -0.502 e. The molecule has 1 aromatic carbocycles. The number of carbonyl (C=O) groups excluding carboxylic acids is 1. The van der Waals surface area contributed by atoms with Gasteiger partial charge in [-0.1, -0.05) is 18.2 Å². The second kappa shape index (κ2) is 6.75. The Hall–Kier alpha value is -2.94. The maximum absolute atomic E-state index is 12.8. The molecule has 0 aliphatic rings. The van der Waals surface area contributed by atoms with Crippen molar-refractivity contribution in [2.45, 2.75) is 12.6 Å². The van der Waals surface area contributed by atoms with Crippen LogP contribution in [-0.2, 0) is 12.6 Å². The molecule has 0 aliphatic heterocycles. The van der Waals surface area contributed by atoms with Gasteiger partial charge in [-0.2, -0.15) is 29.5 Å². The first-order valence-electron chi connectivity index (χ1n) is 7.27. The molecule has 0 aliphatic carbocycles. The van der Waals surface area contributed by atoms with Crippen LogP contribution in [0.15, 0.2) is 41.1 Å². The lowest BCUT2D eigenvalue weighted by molar-refractivity contribution is -0.137. The van der Waals surface area contributed by atoms with Gasteiger partial charge in [-0.3, -0.25) is 4.79 Å². The van der Waals surface area contributed by atoms with Gasteiger partial charge in [0.05, 0.1) is 5.56 Å². The minimum atomic E-state index is -4.49. The standard InChI is InChI=1S/C17H11F3N2O3S/c18-17(19,20)11-3-1-2-9(6-11)7-12-21-13(15(24)16(25)22-12)14(23)10-4-5-26-8-10/h1-6,8,24H,7H2,(H,21,22,25). The quantitative estimate of drug-likeness (QED) is 0.673. The van der Waals surface area contributed by atoms with Crippen molar-refractivity contribution in [3.05, 3.63) is 69.3 Å². The minimum absolute atomic E-state index is 0.0850. The normalized spacial score (nSPS) is 11.5. The molecule has 2 aromatic heterocycles. The molecule has 0 radical (unpaired) electrons. The van der Waals surface area contributed by atoms with E-state index in [1.165, 1.54) is 29.5 Å². The molecule has 134 valence electrons. The fraction of sp³-hybridized carbons (Fsp3) is 0.118. The van der Waals surface area contributed by atoms with E-state index in [0.29, 0.717) is 0 Å². The Labute approximate surface area is 149 Å². The largest absolute Gasteiger partial charge is 0.502 e. The van der Waals surface area contributed by atoms with Gasteiger partial charge in [-0.25, -0.2) is 4.98 Å². The number of halogens is 3. The first-order valence-corrected chi connectivity index (χ1v) is 8.22. The SMILES string of the molecule is O=C(c1ccsc1)c1nc(Cc2cccc(C(F)(F)F)c2)nc(O)c1O. The van der Waals surface area contributed by atoms with Gasteiger partial charge in [0.1, 0.15) is 5.82 Å². The summed E-state index contributed by atoms with van der Waals surface area (Å²) in [5.74, 6) is -2.28. The van der Waals surface area contributed by atoms with Gasteiger partial charge in [-0.05, 0) is 23.1 Å². The second-order valence-corrected chi connectivity index (χ2v) is 6.16. The van der Waals surface area contributed by atoms with Crippen molar-refractivity contribution >= 4 is 17.1 Å². The molecule has 0 saturated heterocycles. The number of aromatic hydroxyl groups is 2. The molecule has 0 spiro atoms. The fourth-order valence-corrected chi connectivity index (χ4v) is 2.93. The summed E-state index contributed by atoms with van der Waals surface area (Å²) in [7, 11) is 0. The predicted octanol–water partition coefficient (Wildman–Crippen LogP) is 3.79. The number of thiophene rings is 1. The van der Waals surface area contributed by atoms with Gasteiger partial charge >= 0.3 is 6.18 Å². The molecule has 5 nitrogen and oxygen atoms in total. The van der Waals surface area contributed by atoms with Crippen LogP contribution in [0, 0.1) is 0 Å². The van der Waals surface area contributed by atoms with Gasteiger partial charge in [0.15, 0.2) is 5.69 Å². The maximum atomic E-state index is 12.8. The van der Waals surface area contributed by atoms with Crippen LogP contribution in [-0.4, -0.2) is 26.0 Å². The Kier molecular flexibility index (Phi) is 4.64. The molecule has 26 heavy (non-hydrogen) atoms. The number of rotatable bonds is 4. The number of benzene rings is 1. The zero-order valence-electron chi connectivity index (χ0n) is 13.0. The van der Waals surface area contributed by atoms with Crippen LogP contribution in [0.2, 0.25) is 0 Å². The lowest BCUT2D eigenvalue weighted by atomic mass is 10.1. The molecule has 0 amide bonds. The third kappa shape index (κ3) is 3.67. The van der Waals surface area contributed by atoms with Crippen molar-refractivity contribution in [1.82, 2.24) is 9.97 Å². The van der Waals surface area contributed by atoms with E-state index in [9.17, 15) is 28.2 Å². The monoisotopic (exact) mass is 380 g/mol. The maximum Gasteiger partial charge on any atom is 0.416 e. The zero-order valence-corrected chi connectivity index (χ0v) is 13.8. The molecular formula is C17H11F3N2O3S. The van der Waals surface area contributed by atoms with Crippen molar-refractivity contribution in [3.8, 4) is 11.6 Å². The summed E-state index contributed by atoms with van der Waals surface area (Å²) in [6.07, 6.45) is -4.64. The molecule has 2 N–H and O–H groups in total. The molecule has 2 heterocycles. The van der Waals surface area contributed by atoms with Gasteiger partial charge in [-0.15, -0.1) is 0 Å². The van der Waals surface area contributed by atoms with Gasteiger partial charge < -0.3 is 10.2 Å². The van der Waals surface area contributed by atoms with Gasteiger partial charge in [0, 0.05) is 17.4 Å². The molecule has 0 bridgehead atoms. The summed E-state index contributed by atoms with van der Waals surface area (Å²) in [6, 6.07) is 6.09. The summed E-state index contributed by atoms with van der Waals surface area (Å²) in [5.41, 5.74) is -0.710. The third-order valence-electron chi connectivity index (χ3n) is 3.53. The van der Waals surface area contributed by atoms with Gasteiger partial charge in [0.25, 0.3) is 5.88 Å². The number of alkyl halides is 3. The number of hydrogen-bond donors (Lipinski definition) is 2. The van der Waals surface area contributed by atoms with Crippen LogP contribution in [0.3, 0.4) is 0 Å². The summed E-state index contributed by atoms with van der Waals surface area (Å²) >= 11 is 1.27. The van der Waals surface area contributed by atoms with Crippen LogP contribution in [0.4, 0.5) is 13.2 Å². The molecule has 3 rings (SSSR count). The van der Waals surface area contributed by atoms with Crippen molar-refractivity contribution < 1.29 is 28.2 Å². The second-order valence-electron chi connectivity index (χ2n) is 5.38. The Bertz CT molecular complexity index is 956. The van der Waals surface area contributed by atoms with Gasteiger partial charge in [0.2, 0.25) is 11.5 Å². The summed E-state index contributed by atoms with van der Waals surface area (Å²) < 4.78 is 38.4. The van der Waals surface area contributed by atoms with Crippen LogP contribution >= 0.6 is 11.3 Å². The lowest BCUT2D eigenvalue weighted by Gasteiger charge is -2.09. The summed E-state index contributed by atoms with van der Waals surface area (Å²) in [5, 5.41) is 22.8. The number of hydrogen-bond acceptors (Lipinski definition) is 6. The van der Waals surface area contributed by atoms with Crippen LogP contribution in [0.25, 0.3) is 0 Å². The molecule has 0 saturated carbocycles. The number of nitrogens with zero attached hydrogens (tertiary/aromatic N) is 2. The van der Waals surface area contributed by atoms with Crippen LogP contribution < -0.4 is 0 Å². The average molecular weight is 380 g/mol. The number of aromatic nitrogens is 2. The molecule has 0 unspecified atom stereocenters. The molecule has 9 heteroatoms. The van der Waals surface area contributed by atoms with Crippen molar-refractivity contribution in [2.75, 3.05) is 0 Å². The summed E-state index contributed by atoms with van der Waals surface area (Å²) in [6.45, 7) is 0. The Morgan fingerprint density at radius 1 is 1.15 bits per heavy atom. The van der Waals surface area contributed by atoms with E-state index in [0.717, 1.165) is 12.1 Å². The Morgan fingerprint density at radius 3 is 2.58 bits per heavy atom. The van der Waals surface area contributed by atoms with Crippen molar-refractivity contribution in [2.24, 2.45) is 0 Å². The van der Waals surface area contributed by atoms with E-state index >= 15 is 0 Å². The van der Waals surface area contributed by atoms with E-state index in [1.54, 1.807) is 10.8 Å². The fourth-order valence-electron chi connectivity index (χ4n) is 2.30. The molecular weight excluding hydrogens is 369 g/mol. The number of carbonyl (C=O) groups is 1.